The van der Waals surface area contributed by atoms with E-state index in [9.17, 15) is 4.79 Å². The molecule has 1 saturated carbocycles. The van der Waals surface area contributed by atoms with Crippen LogP contribution in [0.3, 0.4) is 0 Å². The average molecular weight is 252 g/mol. The lowest BCUT2D eigenvalue weighted by atomic mass is 9.87. The first kappa shape index (κ1) is 13.9. The quantitative estimate of drug-likeness (QED) is 0.816. The number of nitrogens with zero attached hydrogens (tertiary/aromatic N) is 1. The summed E-state index contributed by atoms with van der Waals surface area (Å²) in [5.74, 6) is 1.20. The van der Waals surface area contributed by atoms with Crippen LogP contribution in [0.25, 0.3) is 0 Å². The van der Waals surface area contributed by atoms with Gasteiger partial charge in [0.1, 0.15) is 0 Å². The van der Waals surface area contributed by atoms with Gasteiger partial charge in [-0.25, -0.2) is 0 Å². The number of hydrogen-bond acceptors (Lipinski definition) is 2. The molecule has 1 saturated heterocycles. The normalized spacial score (nSPS) is 30.1. The third-order valence-corrected chi connectivity index (χ3v) is 4.65. The molecule has 1 heterocycles. The predicted molar refractivity (Wildman–Crippen MR) is 74.2 cm³/mol. The number of amides is 1. The molecular weight excluding hydrogens is 224 g/mol. The van der Waals surface area contributed by atoms with Gasteiger partial charge in [-0.05, 0) is 25.2 Å². The lowest BCUT2D eigenvalue weighted by molar-refractivity contribution is -0.130. The molecule has 1 aliphatic carbocycles. The molecule has 2 atom stereocenters. The Morgan fingerprint density at radius 1 is 1.17 bits per heavy atom. The summed E-state index contributed by atoms with van der Waals surface area (Å²) in [6.45, 7) is 5.22. The Morgan fingerprint density at radius 3 is 2.50 bits per heavy atom. The molecule has 2 rings (SSSR count). The van der Waals surface area contributed by atoms with E-state index in [2.05, 4.69) is 24.1 Å². The fourth-order valence-corrected chi connectivity index (χ4v) is 3.44. The molecule has 1 aliphatic heterocycles. The first-order valence-corrected chi connectivity index (χ1v) is 7.82. The maximum atomic E-state index is 12.2. The van der Waals surface area contributed by atoms with E-state index in [1.165, 1.54) is 38.5 Å². The lowest BCUT2D eigenvalue weighted by Crippen LogP contribution is -2.38. The highest BCUT2D eigenvalue weighted by molar-refractivity contribution is 5.84. The van der Waals surface area contributed by atoms with Crippen LogP contribution in [0.1, 0.15) is 65.2 Å². The van der Waals surface area contributed by atoms with Gasteiger partial charge in [-0.3, -0.25) is 10.1 Å². The van der Waals surface area contributed by atoms with Crippen LogP contribution in [0.2, 0.25) is 0 Å². The van der Waals surface area contributed by atoms with Crippen molar-refractivity contribution >= 4 is 5.91 Å². The highest BCUT2D eigenvalue weighted by Gasteiger charge is 2.36. The molecule has 2 fully saturated rings. The third kappa shape index (κ3) is 3.05. The van der Waals surface area contributed by atoms with Crippen molar-refractivity contribution in [2.75, 3.05) is 6.54 Å². The lowest BCUT2D eigenvalue weighted by Gasteiger charge is -2.27. The van der Waals surface area contributed by atoms with Crippen LogP contribution in [0, 0.1) is 5.92 Å². The van der Waals surface area contributed by atoms with Gasteiger partial charge in [-0.15, -0.1) is 0 Å². The number of rotatable bonds is 5. The van der Waals surface area contributed by atoms with Gasteiger partial charge in [0, 0.05) is 6.54 Å². The van der Waals surface area contributed by atoms with Crippen LogP contribution >= 0.6 is 0 Å². The second-order valence-electron chi connectivity index (χ2n) is 5.88. The maximum absolute atomic E-state index is 12.2. The van der Waals surface area contributed by atoms with Crippen LogP contribution in [0.5, 0.6) is 0 Å². The number of carbonyl (C=O) groups is 1. The molecule has 2 aliphatic rings. The molecule has 3 nitrogen and oxygen atoms in total. The van der Waals surface area contributed by atoms with Gasteiger partial charge >= 0.3 is 0 Å². The minimum atomic E-state index is 0.0707. The summed E-state index contributed by atoms with van der Waals surface area (Å²) in [6, 6.07) is 0.0707. The molecule has 104 valence electrons. The Kier molecular flexibility index (Phi) is 5.04. The van der Waals surface area contributed by atoms with E-state index in [0.29, 0.717) is 5.91 Å². The van der Waals surface area contributed by atoms with Gasteiger partial charge in [0.25, 0.3) is 0 Å². The highest BCUT2D eigenvalue weighted by atomic mass is 16.2. The van der Waals surface area contributed by atoms with E-state index in [-0.39, 0.29) is 12.2 Å². The van der Waals surface area contributed by atoms with Crippen molar-refractivity contribution in [1.82, 2.24) is 10.2 Å². The predicted octanol–water partition coefficient (Wildman–Crippen LogP) is 2.90. The summed E-state index contributed by atoms with van der Waals surface area (Å²) in [4.78, 5) is 14.3. The van der Waals surface area contributed by atoms with Gasteiger partial charge in [-0.2, -0.15) is 0 Å². The zero-order valence-corrected chi connectivity index (χ0v) is 12.0. The summed E-state index contributed by atoms with van der Waals surface area (Å²) < 4.78 is 0. The summed E-state index contributed by atoms with van der Waals surface area (Å²) in [7, 11) is 0. The molecule has 2 unspecified atom stereocenters. The molecule has 0 bridgehead atoms. The third-order valence-electron chi connectivity index (χ3n) is 4.65. The van der Waals surface area contributed by atoms with Gasteiger partial charge in [0.05, 0.1) is 12.2 Å². The topological polar surface area (TPSA) is 32.3 Å². The van der Waals surface area contributed by atoms with Crippen LogP contribution in [0.15, 0.2) is 0 Å². The van der Waals surface area contributed by atoms with E-state index in [4.69, 9.17) is 0 Å². The van der Waals surface area contributed by atoms with E-state index in [0.717, 1.165) is 25.3 Å². The molecule has 0 spiro atoms. The molecule has 0 aromatic heterocycles. The summed E-state index contributed by atoms with van der Waals surface area (Å²) in [5, 5.41) is 3.45. The second kappa shape index (κ2) is 6.55. The van der Waals surface area contributed by atoms with E-state index >= 15 is 0 Å². The molecule has 0 aromatic rings. The number of hydrogen-bond donors (Lipinski definition) is 1. The average Bonchev–Trinajstić information content (AvgIpc) is 2.73. The fraction of sp³-hybridized carbons (Fsp3) is 0.933. The van der Waals surface area contributed by atoms with Gasteiger partial charge in [0.2, 0.25) is 5.91 Å². The van der Waals surface area contributed by atoms with Crippen molar-refractivity contribution in [3.63, 3.8) is 0 Å². The van der Waals surface area contributed by atoms with Gasteiger partial charge in [0.15, 0.2) is 0 Å². The highest BCUT2D eigenvalue weighted by Crippen LogP contribution is 2.27. The molecule has 0 radical (unpaired) electrons. The monoisotopic (exact) mass is 252 g/mol. The summed E-state index contributed by atoms with van der Waals surface area (Å²) >= 11 is 0. The second-order valence-corrected chi connectivity index (χ2v) is 5.88. The maximum Gasteiger partial charge on any atom is 0.241 e. The van der Waals surface area contributed by atoms with Crippen molar-refractivity contribution in [3.05, 3.63) is 0 Å². The Morgan fingerprint density at radius 2 is 1.89 bits per heavy atom. The standard InChI is InChI=1S/C15H28N2O/c1-3-13-15(18)17(14(4-2)16-13)11-10-12-8-6-5-7-9-12/h12-14,16H,3-11H2,1-2H3. The smallest absolute Gasteiger partial charge is 0.241 e. The first-order valence-electron chi connectivity index (χ1n) is 7.82. The first-order chi connectivity index (χ1) is 8.76. The van der Waals surface area contributed by atoms with E-state index in [1.54, 1.807) is 0 Å². The molecule has 18 heavy (non-hydrogen) atoms. The summed E-state index contributed by atoms with van der Waals surface area (Å²) in [5.41, 5.74) is 0. The summed E-state index contributed by atoms with van der Waals surface area (Å²) in [6.07, 6.45) is 10.4. The van der Waals surface area contributed by atoms with Crippen LogP contribution in [-0.2, 0) is 4.79 Å². The molecule has 1 N–H and O–H groups in total. The fourth-order valence-electron chi connectivity index (χ4n) is 3.44. The Balaban J connectivity index is 1.84. The van der Waals surface area contributed by atoms with Crippen LogP contribution < -0.4 is 5.32 Å². The van der Waals surface area contributed by atoms with Gasteiger partial charge in [-0.1, -0.05) is 46.0 Å². The zero-order chi connectivity index (χ0) is 13.0. The molecule has 0 aromatic carbocycles. The van der Waals surface area contributed by atoms with Crippen LogP contribution in [0.4, 0.5) is 0 Å². The Labute approximate surface area is 111 Å². The SMILES string of the molecule is CCC1NC(CC)N(CCC2CCCCC2)C1=O. The van der Waals surface area contributed by atoms with Crippen molar-refractivity contribution in [2.45, 2.75) is 77.4 Å². The number of nitrogens with one attached hydrogen (secondary N) is 1. The Bertz CT molecular complexity index is 274. The van der Waals surface area contributed by atoms with E-state index in [1.807, 2.05) is 0 Å². The van der Waals surface area contributed by atoms with Crippen LogP contribution in [-0.4, -0.2) is 29.6 Å². The molecule has 3 heteroatoms. The zero-order valence-electron chi connectivity index (χ0n) is 12.0. The largest absolute Gasteiger partial charge is 0.326 e. The molecule has 1 amide bonds. The van der Waals surface area contributed by atoms with Crippen molar-refractivity contribution in [1.29, 1.82) is 0 Å². The molecular formula is C15H28N2O. The van der Waals surface area contributed by atoms with Gasteiger partial charge < -0.3 is 4.90 Å². The van der Waals surface area contributed by atoms with E-state index < -0.39 is 0 Å². The minimum Gasteiger partial charge on any atom is -0.326 e. The van der Waals surface area contributed by atoms with Crippen molar-refractivity contribution in [3.8, 4) is 0 Å². The van der Waals surface area contributed by atoms with Crippen molar-refractivity contribution < 1.29 is 4.79 Å². The number of carbonyl (C=O) groups excluding carboxylic acids is 1. The Hall–Kier alpha value is -0.570. The minimum absolute atomic E-state index is 0.0707. The van der Waals surface area contributed by atoms with Crippen molar-refractivity contribution in [2.24, 2.45) is 5.92 Å².